The smallest absolute Gasteiger partial charge is 0.230 e. The molecule has 2 N–H and O–H groups in total. The lowest BCUT2D eigenvalue weighted by Crippen LogP contribution is -2.49. The van der Waals surface area contributed by atoms with Crippen LogP contribution in [0.1, 0.15) is 44.6 Å². The summed E-state index contributed by atoms with van der Waals surface area (Å²) in [5, 5.41) is 0. The van der Waals surface area contributed by atoms with Crippen LogP contribution in [0.3, 0.4) is 0 Å². The summed E-state index contributed by atoms with van der Waals surface area (Å²) in [6.45, 7) is 2.74. The maximum atomic E-state index is 13.0. The highest BCUT2D eigenvalue weighted by atomic mass is 16.2. The molecule has 1 heterocycles. The van der Waals surface area contributed by atoms with Crippen LogP contribution >= 0.6 is 0 Å². The van der Waals surface area contributed by atoms with Crippen molar-refractivity contribution in [1.29, 1.82) is 0 Å². The highest BCUT2D eigenvalue weighted by Gasteiger charge is 2.47. The van der Waals surface area contributed by atoms with Crippen LogP contribution in [0, 0.1) is 5.41 Å². The second-order valence-electron chi connectivity index (χ2n) is 6.44. The minimum atomic E-state index is -0.365. The van der Waals surface area contributed by atoms with Crippen LogP contribution in [0.15, 0.2) is 24.5 Å². The van der Waals surface area contributed by atoms with Gasteiger partial charge in [0.1, 0.15) is 0 Å². The third-order valence-corrected chi connectivity index (χ3v) is 4.87. The first-order valence-electron chi connectivity index (χ1n) is 7.57. The zero-order valence-corrected chi connectivity index (χ0v) is 12.1. The van der Waals surface area contributed by atoms with Crippen LogP contribution < -0.4 is 5.73 Å². The standard InChI is InChI=1S/C16H23N3O/c1-16(8-2-3-14(16)17)15(20)19(13-4-5-13)11-12-6-9-18-10-7-12/h6-7,9-10,13-14H,2-5,8,11,17H2,1H3. The fourth-order valence-corrected chi connectivity index (χ4v) is 3.22. The summed E-state index contributed by atoms with van der Waals surface area (Å²) in [6, 6.07) is 4.40. The topological polar surface area (TPSA) is 59.2 Å². The fourth-order valence-electron chi connectivity index (χ4n) is 3.22. The molecule has 0 aliphatic heterocycles. The number of nitrogens with zero attached hydrogens (tertiary/aromatic N) is 2. The largest absolute Gasteiger partial charge is 0.335 e. The molecule has 1 aromatic heterocycles. The molecule has 2 unspecified atom stereocenters. The van der Waals surface area contributed by atoms with Crippen molar-refractivity contribution in [1.82, 2.24) is 9.88 Å². The molecule has 4 nitrogen and oxygen atoms in total. The Kier molecular flexibility index (Phi) is 3.50. The summed E-state index contributed by atoms with van der Waals surface area (Å²) < 4.78 is 0. The predicted molar refractivity (Wildman–Crippen MR) is 77.7 cm³/mol. The van der Waals surface area contributed by atoms with Crippen molar-refractivity contribution in [2.75, 3.05) is 0 Å². The maximum absolute atomic E-state index is 13.0. The van der Waals surface area contributed by atoms with Gasteiger partial charge in [-0.25, -0.2) is 0 Å². The minimum absolute atomic E-state index is 0.00805. The van der Waals surface area contributed by atoms with Crippen LogP contribution in [0.4, 0.5) is 0 Å². The van der Waals surface area contributed by atoms with Crippen molar-refractivity contribution in [3.05, 3.63) is 30.1 Å². The minimum Gasteiger partial charge on any atom is -0.335 e. The van der Waals surface area contributed by atoms with Crippen LogP contribution in [0.25, 0.3) is 0 Å². The van der Waals surface area contributed by atoms with E-state index >= 15 is 0 Å². The summed E-state index contributed by atoms with van der Waals surface area (Å²) in [5.74, 6) is 0.252. The van der Waals surface area contributed by atoms with E-state index in [1.165, 1.54) is 0 Å². The SMILES string of the molecule is CC1(C(=O)N(Cc2ccncc2)C2CC2)CCCC1N. The molecule has 1 amide bonds. The number of aromatic nitrogens is 1. The summed E-state index contributed by atoms with van der Waals surface area (Å²) in [6.07, 6.45) is 8.78. The average Bonchev–Trinajstić information content (AvgIpc) is 3.24. The first kappa shape index (κ1) is 13.6. The Labute approximate surface area is 120 Å². The van der Waals surface area contributed by atoms with Gasteiger partial charge in [0.25, 0.3) is 0 Å². The van der Waals surface area contributed by atoms with Gasteiger partial charge in [0, 0.05) is 31.0 Å². The Bertz CT molecular complexity index is 486. The molecule has 0 bridgehead atoms. The van der Waals surface area contributed by atoms with E-state index in [0.29, 0.717) is 12.6 Å². The molecule has 2 saturated carbocycles. The highest BCUT2D eigenvalue weighted by molar-refractivity contribution is 5.84. The molecular weight excluding hydrogens is 250 g/mol. The van der Waals surface area contributed by atoms with Gasteiger partial charge in [0.2, 0.25) is 5.91 Å². The number of rotatable bonds is 4. The summed E-state index contributed by atoms with van der Waals surface area (Å²) >= 11 is 0. The molecule has 2 atom stereocenters. The molecule has 0 saturated heterocycles. The van der Waals surface area contributed by atoms with E-state index in [1.54, 1.807) is 12.4 Å². The van der Waals surface area contributed by atoms with Gasteiger partial charge < -0.3 is 10.6 Å². The van der Waals surface area contributed by atoms with Gasteiger partial charge in [-0.15, -0.1) is 0 Å². The van der Waals surface area contributed by atoms with Gasteiger partial charge in [-0.05, 0) is 50.3 Å². The van der Waals surface area contributed by atoms with Gasteiger partial charge in [-0.3, -0.25) is 9.78 Å². The van der Waals surface area contributed by atoms with Crippen LogP contribution in [0.5, 0.6) is 0 Å². The van der Waals surface area contributed by atoms with Gasteiger partial charge in [-0.2, -0.15) is 0 Å². The van der Waals surface area contributed by atoms with Crippen molar-refractivity contribution < 1.29 is 4.79 Å². The van der Waals surface area contributed by atoms with Gasteiger partial charge in [0.05, 0.1) is 5.41 Å². The van der Waals surface area contributed by atoms with Gasteiger partial charge >= 0.3 is 0 Å². The normalized spacial score (nSPS) is 29.4. The molecule has 3 rings (SSSR count). The molecule has 2 fully saturated rings. The van der Waals surface area contributed by atoms with Crippen molar-refractivity contribution in [2.45, 2.75) is 57.7 Å². The third kappa shape index (κ3) is 2.44. The van der Waals surface area contributed by atoms with Crippen molar-refractivity contribution in [2.24, 2.45) is 11.1 Å². The Morgan fingerprint density at radius 1 is 1.40 bits per heavy atom. The maximum Gasteiger partial charge on any atom is 0.230 e. The van der Waals surface area contributed by atoms with Crippen molar-refractivity contribution in [3.63, 3.8) is 0 Å². The zero-order chi connectivity index (χ0) is 14.2. The molecular formula is C16H23N3O. The van der Waals surface area contributed by atoms with E-state index < -0.39 is 0 Å². The highest BCUT2D eigenvalue weighted by Crippen LogP contribution is 2.41. The Hall–Kier alpha value is -1.42. The lowest BCUT2D eigenvalue weighted by molar-refractivity contribution is -0.143. The average molecular weight is 273 g/mol. The molecule has 0 radical (unpaired) electrons. The number of carbonyl (C=O) groups is 1. The summed E-state index contributed by atoms with van der Waals surface area (Å²) in [4.78, 5) is 19.1. The van der Waals surface area contributed by atoms with E-state index in [4.69, 9.17) is 5.73 Å². The second kappa shape index (κ2) is 5.17. The molecule has 0 aromatic carbocycles. The van der Waals surface area contributed by atoms with Gasteiger partial charge in [0.15, 0.2) is 0 Å². The quantitative estimate of drug-likeness (QED) is 0.914. The summed E-state index contributed by atoms with van der Waals surface area (Å²) in [7, 11) is 0. The molecule has 20 heavy (non-hydrogen) atoms. The Morgan fingerprint density at radius 3 is 2.65 bits per heavy atom. The Balaban J connectivity index is 1.79. The monoisotopic (exact) mass is 273 g/mol. The van der Waals surface area contributed by atoms with Crippen LogP contribution in [-0.2, 0) is 11.3 Å². The number of hydrogen-bond acceptors (Lipinski definition) is 3. The van der Waals surface area contributed by atoms with E-state index in [0.717, 1.165) is 37.7 Å². The number of pyridine rings is 1. The first-order valence-corrected chi connectivity index (χ1v) is 7.57. The predicted octanol–water partition coefficient (Wildman–Crippen LogP) is 2.09. The van der Waals surface area contributed by atoms with Crippen LogP contribution in [-0.4, -0.2) is 27.9 Å². The number of carbonyl (C=O) groups excluding carboxylic acids is 1. The first-order chi connectivity index (χ1) is 9.61. The lowest BCUT2D eigenvalue weighted by atomic mass is 9.83. The molecule has 2 aliphatic carbocycles. The number of amides is 1. The molecule has 0 spiro atoms. The van der Waals surface area contributed by atoms with Gasteiger partial charge in [-0.1, -0.05) is 6.42 Å². The third-order valence-electron chi connectivity index (χ3n) is 4.87. The summed E-state index contributed by atoms with van der Waals surface area (Å²) in [5.41, 5.74) is 6.99. The van der Waals surface area contributed by atoms with E-state index in [9.17, 15) is 4.79 Å². The molecule has 108 valence electrons. The lowest BCUT2D eigenvalue weighted by Gasteiger charge is -2.34. The molecule has 2 aliphatic rings. The van der Waals surface area contributed by atoms with E-state index in [-0.39, 0.29) is 17.4 Å². The van der Waals surface area contributed by atoms with E-state index in [1.807, 2.05) is 12.1 Å². The molecule has 1 aromatic rings. The van der Waals surface area contributed by atoms with Crippen molar-refractivity contribution in [3.8, 4) is 0 Å². The number of hydrogen-bond donors (Lipinski definition) is 1. The second-order valence-corrected chi connectivity index (χ2v) is 6.44. The zero-order valence-electron chi connectivity index (χ0n) is 12.1. The van der Waals surface area contributed by atoms with E-state index in [2.05, 4.69) is 16.8 Å². The fraction of sp³-hybridized carbons (Fsp3) is 0.625. The molecule has 4 heteroatoms. The number of nitrogens with two attached hydrogens (primary N) is 1. The van der Waals surface area contributed by atoms with Crippen molar-refractivity contribution >= 4 is 5.91 Å². The Morgan fingerprint density at radius 2 is 2.10 bits per heavy atom. The van der Waals surface area contributed by atoms with Crippen LogP contribution in [0.2, 0.25) is 0 Å².